The maximum atomic E-state index is 12.7. The first-order chi connectivity index (χ1) is 15.0. The number of rotatable bonds is 5. The van der Waals surface area contributed by atoms with Gasteiger partial charge in [-0.1, -0.05) is 47.3 Å². The molecule has 2 fully saturated rings. The highest BCUT2D eigenvalue weighted by molar-refractivity contribution is 6.35. The van der Waals surface area contributed by atoms with Crippen molar-refractivity contribution in [3.63, 3.8) is 0 Å². The number of halogens is 3. The van der Waals surface area contributed by atoms with Crippen LogP contribution in [0.5, 0.6) is 0 Å². The molecule has 1 unspecified atom stereocenters. The SMILES string of the molecule is O=C(C1CCCCN1)N1CCN(c2nc(Cl)cc(NCc3ccc(Cl)cc3Cl)n2)CC1. The molecule has 0 bridgehead atoms. The molecule has 2 aliphatic rings. The minimum Gasteiger partial charge on any atom is -0.366 e. The third kappa shape index (κ3) is 5.71. The van der Waals surface area contributed by atoms with E-state index in [0.29, 0.717) is 59.7 Å². The summed E-state index contributed by atoms with van der Waals surface area (Å²) in [5, 5.41) is 8.13. The Kier molecular flexibility index (Phi) is 7.38. The number of nitrogens with zero attached hydrogens (tertiary/aromatic N) is 4. The molecular formula is C21H25Cl3N6O. The van der Waals surface area contributed by atoms with Crippen LogP contribution >= 0.6 is 34.8 Å². The number of carbonyl (C=O) groups is 1. The number of piperidine rings is 1. The molecule has 166 valence electrons. The summed E-state index contributed by atoms with van der Waals surface area (Å²) in [7, 11) is 0. The van der Waals surface area contributed by atoms with Gasteiger partial charge in [0.1, 0.15) is 11.0 Å². The lowest BCUT2D eigenvalue weighted by Crippen LogP contribution is -2.55. The van der Waals surface area contributed by atoms with Crippen molar-refractivity contribution in [1.82, 2.24) is 20.2 Å². The Balaban J connectivity index is 1.36. The molecule has 2 aliphatic heterocycles. The van der Waals surface area contributed by atoms with E-state index in [0.717, 1.165) is 31.4 Å². The minimum atomic E-state index is -0.0433. The van der Waals surface area contributed by atoms with Gasteiger partial charge in [0.25, 0.3) is 0 Å². The predicted molar refractivity (Wildman–Crippen MR) is 125 cm³/mol. The number of piperazine rings is 1. The summed E-state index contributed by atoms with van der Waals surface area (Å²) in [6.45, 7) is 4.04. The Hall–Kier alpha value is -1.80. The molecule has 3 heterocycles. The van der Waals surface area contributed by atoms with Crippen LogP contribution in [0.25, 0.3) is 0 Å². The smallest absolute Gasteiger partial charge is 0.239 e. The number of nitrogens with one attached hydrogen (secondary N) is 2. The number of aromatic nitrogens is 2. The van der Waals surface area contributed by atoms with Crippen molar-refractivity contribution >= 4 is 52.5 Å². The van der Waals surface area contributed by atoms with Crippen molar-refractivity contribution in [3.8, 4) is 0 Å². The van der Waals surface area contributed by atoms with Crippen LogP contribution in [0.3, 0.4) is 0 Å². The van der Waals surface area contributed by atoms with Gasteiger partial charge in [0.2, 0.25) is 11.9 Å². The topological polar surface area (TPSA) is 73.4 Å². The molecule has 0 spiro atoms. The Morgan fingerprint density at radius 2 is 1.90 bits per heavy atom. The van der Waals surface area contributed by atoms with Gasteiger partial charge in [0.05, 0.1) is 6.04 Å². The third-order valence-electron chi connectivity index (χ3n) is 5.64. The van der Waals surface area contributed by atoms with Crippen molar-refractivity contribution in [3.05, 3.63) is 45.0 Å². The molecule has 10 heteroatoms. The molecule has 4 rings (SSSR count). The van der Waals surface area contributed by atoms with Crippen LogP contribution in [-0.2, 0) is 11.3 Å². The van der Waals surface area contributed by atoms with Crippen LogP contribution in [0.15, 0.2) is 24.3 Å². The third-order valence-corrected chi connectivity index (χ3v) is 6.42. The lowest BCUT2D eigenvalue weighted by atomic mass is 10.0. The Morgan fingerprint density at radius 1 is 1.10 bits per heavy atom. The van der Waals surface area contributed by atoms with Gasteiger partial charge < -0.3 is 20.4 Å². The number of hydrogen-bond acceptors (Lipinski definition) is 6. The molecule has 0 aliphatic carbocycles. The normalized spacial score (nSPS) is 19.4. The average molecular weight is 484 g/mol. The highest BCUT2D eigenvalue weighted by Gasteiger charge is 2.29. The van der Waals surface area contributed by atoms with E-state index in [9.17, 15) is 4.79 Å². The predicted octanol–water partition coefficient (Wildman–Crippen LogP) is 3.84. The van der Waals surface area contributed by atoms with Crippen LogP contribution < -0.4 is 15.5 Å². The minimum absolute atomic E-state index is 0.0433. The Bertz CT molecular complexity index is 929. The van der Waals surface area contributed by atoms with E-state index in [2.05, 4.69) is 25.5 Å². The Morgan fingerprint density at radius 3 is 2.61 bits per heavy atom. The Labute approximate surface area is 197 Å². The number of carbonyl (C=O) groups excluding carboxylic acids is 1. The zero-order valence-electron chi connectivity index (χ0n) is 17.1. The molecule has 31 heavy (non-hydrogen) atoms. The summed E-state index contributed by atoms with van der Waals surface area (Å²) in [6.07, 6.45) is 3.17. The number of benzene rings is 1. The van der Waals surface area contributed by atoms with Crippen molar-refractivity contribution in [2.45, 2.75) is 31.8 Å². The van der Waals surface area contributed by atoms with E-state index in [1.807, 2.05) is 11.0 Å². The van der Waals surface area contributed by atoms with E-state index in [4.69, 9.17) is 34.8 Å². The maximum Gasteiger partial charge on any atom is 0.239 e. The fourth-order valence-corrected chi connectivity index (χ4v) is 4.55. The molecule has 0 radical (unpaired) electrons. The lowest BCUT2D eigenvalue weighted by molar-refractivity contribution is -0.134. The van der Waals surface area contributed by atoms with Gasteiger partial charge in [-0.3, -0.25) is 4.79 Å². The lowest BCUT2D eigenvalue weighted by Gasteiger charge is -2.37. The first-order valence-electron chi connectivity index (χ1n) is 10.5. The van der Waals surface area contributed by atoms with Gasteiger partial charge in [0.15, 0.2) is 0 Å². The van der Waals surface area contributed by atoms with E-state index in [1.165, 1.54) is 0 Å². The molecule has 2 aromatic rings. The van der Waals surface area contributed by atoms with Gasteiger partial charge in [-0.2, -0.15) is 4.98 Å². The van der Waals surface area contributed by atoms with Crippen molar-refractivity contribution in [1.29, 1.82) is 0 Å². The van der Waals surface area contributed by atoms with E-state index in [-0.39, 0.29) is 11.9 Å². The first-order valence-corrected chi connectivity index (χ1v) is 11.6. The van der Waals surface area contributed by atoms with Crippen LogP contribution in [0.4, 0.5) is 11.8 Å². The fourth-order valence-electron chi connectivity index (χ4n) is 3.90. The zero-order valence-corrected chi connectivity index (χ0v) is 19.3. The van der Waals surface area contributed by atoms with E-state index < -0.39 is 0 Å². The van der Waals surface area contributed by atoms with Gasteiger partial charge in [-0.05, 0) is 37.1 Å². The van der Waals surface area contributed by atoms with Crippen LogP contribution in [-0.4, -0.2) is 59.5 Å². The molecule has 0 saturated carbocycles. The standard InChI is InChI=1S/C21H25Cl3N6O/c22-15-5-4-14(16(23)11-15)13-26-19-12-18(24)27-21(28-19)30-9-7-29(8-10-30)20(31)17-3-1-2-6-25-17/h4-5,11-12,17,25H,1-3,6-10,13H2,(H,26,27,28). The quantitative estimate of drug-likeness (QED) is 0.630. The van der Waals surface area contributed by atoms with Crippen molar-refractivity contribution < 1.29 is 4.79 Å². The maximum absolute atomic E-state index is 12.7. The number of hydrogen-bond donors (Lipinski definition) is 2. The molecule has 1 atom stereocenters. The van der Waals surface area contributed by atoms with Gasteiger partial charge in [0, 0.05) is 48.8 Å². The zero-order chi connectivity index (χ0) is 21.8. The molecule has 1 amide bonds. The summed E-state index contributed by atoms with van der Waals surface area (Å²) in [5.74, 6) is 1.37. The summed E-state index contributed by atoms with van der Waals surface area (Å²) in [6, 6.07) is 7.02. The molecule has 7 nitrogen and oxygen atoms in total. The monoisotopic (exact) mass is 482 g/mol. The second-order valence-electron chi connectivity index (χ2n) is 7.78. The summed E-state index contributed by atoms with van der Waals surface area (Å²) in [4.78, 5) is 25.7. The van der Waals surface area contributed by atoms with Crippen LogP contribution in [0.2, 0.25) is 15.2 Å². The largest absolute Gasteiger partial charge is 0.366 e. The van der Waals surface area contributed by atoms with Crippen LogP contribution in [0.1, 0.15) is 24.8 Å². The molecule has 1 aromatic carbocycles. The number of amides is 1. The first kappa shape index (κ1) is 22.4. The summed E-state index contributed by atoms with van der Waals surface area (Å²) in [5.41, 5.74) is 0.908. The van der Waals surface area contributed by atoms with Crippen molar-refractivity contribution in [2.24, 2.45) is 0 Å². The van der Waals surface area contributed by atoms with Crippen molar-refractivity contribution in [2.75, 3.05) is 42.9 Å². The molecule has 2 saturated heterocycles. The van der Waals surface area contributed by atoms with E-state index in [1.54, 1.807) is 18.2 Å². The molecule has 1 aromatic heterocycles. The summed E-state index contributed by atoms with van der Waals surface area (Å²) < 4.78 is 0. The number of anilines is 2. The molecular weight excluding hydrogens is 459 g/mol. The van der Waals surface area contributed by atoms with Gasteiger partial charge >= 0.3 is 0 Å². The van der Waals surface area contributed by atoms with Gasteiger partial charge in [-0.15, -0.1) is 0 Å². The second-order valence-corrected chi connectivity index (χ2v) is 9.01. The average Bonchev–Trinajstić information content (AvgIpc) is 2.78. The van der Waals surface area contributed by atoms with Crippen LogP contribution in [0, 0.1) is 0 Å². The molecule has 2 N–H and O–H groups in total. The fraction of sp³-hybridized carbons (Fsp3) is 0.476. The highest BCUT2D eigenvalue weighted by atomic mass is 35.5. The second kappa shape index (κ2) is 10.2. The highest BCUT2D eigenvalue weighted by Crippen LogP contribution is 2.23. The van der Waals surface area contributed by atoms with Gasteiger partial charge in [-0.25, -0.2) is 4.98 Å². The van der Waals surface area contributed by atoms with E-state index >= 15 is 0 Å². The summed E-state index contributed by atoms with van der Waals surface area (Å²) >= 11 is 18.5.